The van der Waals surface area contributed by atoms with Crippen LogP contribution in [0.5, 0.6) is 0 Å². The summed E-state index contributed by atoms with van der Waals surface area (Å²) in [5, 5.41) is 11.0. The molecule has 0 spiro atoms. The highest BCUT2D eigenvalue weighted by Crippen LogP contribution is 2.25. The molecule has 3 aromatic rings. The SMILES string of the molecule is Cc1nnc(-c2cnc3cnc(CC(=O)N4CCN(C)[C@@H](C)C4)cc3c2)s1. The van der Waals surface area contributed by atoms with Crippen LogP contribution in [0.4, 0.5) is 0 Å². The minimum atomic E-state index is 0.130. The molecule has 0 N–H and O–H groups in total. The van der Waals surface area contributed by atoms with Crippen LogP contribution in [0.3, 0.4) is 0 Å². The first-order valence-corrected chi connectivity index (χ1v) is 9.84. The van der Waals surface area contributed by atoms with Crippen LogP contribution in [0.25, 0.3) is 21.5 Å². The van der Waals surface area contributed by atoms with E-state index in [9.17, 15) is 4.79 Å². The number of carbonyl (C=O) groups excluding carboxylic acids is 1. The third-order valence-electron chi connectivity index (χ3n) is 5.04. The average molecular weight is 382 g/mol. The van der Waals surface area contributed by atoms with Gasteiger partial charge in [-0.3, -0.25) is 14.8 Å². The number of pyridine rings is 2. The molecule has 1 aliphatic heterocycles. The second kappa shape index (κ2) is 7.28. The first-order chi connectivity index (χ1) is 13.0. The van der Waals surface area contributed by atoms with E-state index in [4.69, 9.17) is 0 Å². The largest absolute Gasteiger partial charge is 0.340 e. The van der Waals surface area contributed by atoms with Crippen molar-refractivity contribution < 1.29 is 4.79 Å². The predicted octanol–water partition coefficient (Wildman–Crippen LogP) is 2.16. The second-order valence-electron chi connectivity index (χ2n) is 7.06. The number of hydrogen-bond acceptors (Lipinski definition) is 7. The Balaban J connectivity index is 1.54. The van der Waals surface area contributed by atoms with E-state index in [0.29, 0.717) is 12.5 Å². The molecule has 27 heavy (non-hydrogen) atoms. The number of carbonyl (C=O) groups is 1. The third kappa shape index (κ3) is 3.81. The molecule has 7 nitrogen and oxygen atoms in total. The number of hydrogen-bond donors (Lipinski definition) is 0. The number of fused-ring (bicyclic) bond motifs is 1. The Morgan fingerprint density at radius 1 is 1.22 bits per heavy atom. The minimum absolute atomic E-state index is 0.130. The van der Waals surface area contributed by atoms with Crippen molar-refractivity contribution in [3.63, 3.8) is 0 Å². The van der Waals surface area contributed by atoms with E-state index in [1.54, 1.807) is 23.7 Å². The average Bonchev–Trinajstić information content (AvgIpc) is 3.09. The molecular weight excluding hydrogens is 360 g/mol. The number of aromatic nitrogens is 4. The van der Waals surface area contributed by atoms with Crippen LogP contribution in [0, 0.1) is 6.92 Å². The summed E-state index contributed by atoms with van der Waals surface area (Å²) in [7, 11) is 2.10. The molecule has 1 saturated heterocycles. The van der Waals surface area contributed by atoms with Crippen LogP contribution in [-0.4, -0.2) is 68.6 Å². The molecule has 0 bridgehead atoms. The van der Waals surface area contributed by atoms with Gasteiger partial charge in [-0.2, -0.15) is 0 Å². The quantitative estimate of drug-likeness (QED) is 0.691. The van der Waals surface area contributed by atoms with E-state index in [2.05, 4.69) is 39.0 Å². The summed E-state index contributed by atoms with van der Waals surface area (Å²) in [6.07, 6.45) is 3.84. The van der Waals surface area contributed by atoms with Crippen molar-refractivity contribution in [3.05, 3.63) is 35.2 Å². The molecule has 1 aliphatic rings. The maximum Gasteiger partial charge on any atom is 0.228 e. The van der Waals surface area contributed by atoms with Gasteiger partial charge in [-0.1, -0.05) is 11.3 Å². The van der Waals surface area contributed by atoms with Gasteiger partial charge in [0, 0.05) is 42.8 Å². The lowest BCUT2D eigenvalue weighted by molar-refractivity contribution is -0.133. The Labute approximate surface area is 162 Å². The van der Waals surface area contributed by atoms with Crippen molar-refractivity contribution in [2.24, 2.45) is 0 Å². The smallest absolute Gasteiger partial charge is 0.228 e. The molecule has 0 radical (unpaired) electrons. The van der Waals surface area contributed by atoms with Crippen LogP contribution in [-0.2, 0) is 11.2 Å². The maximum atomic E-state index is 12.7. The standard InChI is InChI=1S/C19H22N6OS/c1-12-11-25(5-4-24(12)3)18(26)8-16-7-14-6-15(9-21-17(14)10-20-16)19-23-22-13(2)27-19/h6-7,9-10,12H,4-5,8,11H2,1-3H3/t12-/m0/s1. The lowest BCUT2D eigenvalue weighted by atomic mass is 10.1. The molecule has 0 unspecified atom stereocenters. The fraction of sp³-hybridized carbons (Fsp3) is 0.421. The van der Waals surface area contributed by atoms with Gasteiger partial charge >= 0.3 is 0 Å². The number of likely N-dealkylation sites (N-methyl/N-ethyl adjacent to an activating group) is 1. The van der Waals surface area contributed by atoms with Gasteiger partial charge in [0.05, 0.1) is 23.8 Å². The normalized spacial score (nSPS) is 18.2. The molecule has 4 heterocycles. The summed E-state index contributed by atoms with van der Waals surface area (Å²) < 4.78 is 0. The molecule has 1 atom stereocenters. The van der Waals surface area contributed by atoms with Gasteiger partial charge in [0.1, 0.15) is 10.0 Å². The van der Waals surface area contributed by atoms with E-state index in [1.165, 1.54) is 0 Å². The molecular formula is C19H22N6OS. The molecule has 0 aromatic carbocycles. The van der Waals surface area contributed by atoms with Crippen molar-refractivity contribution in [2.45, 2.75) is 26.3 Å². The third-order valence-corrected chi connectivity index (χ3v) is 5.93. The van der Waals surface area contributed by atoms with Crippen molar-refractivity contribution in [1.82, 2.24) is 30.0 Å². The Bertz CT molecular complexity index is 987. The fourth-order valence-electron chi connectivity index (χ4n) is 3.25. The highest BCUT2D eigenvalue weighted by molar-refractivity contribution is 7.14. The van der Waals surface area contributed by atoms with Gasteiger partial charge in [0.25, 0.3) is 0 Å². The van der Waals surface area contributed by atoms with E-state index in [1.807, 2.05) is 24.0 Å². The lowest BCUT2D eigenvalue weighted by Crippen LogP contribution is -2.52. The highest BCUT2D eigenvalue weighted by Gasteiger charge is 2.24. The van der Waals surface area contributed by atoms with Gasteiger partial charge < -0.3 is 9.80 Å². The van der Waals surface area contributed by atoms with Crippen LogP contribution in [0.1, 0.15) is 17.6 Å². The van der Waals surface area contributed by atoms with E-state index in [0.717, 1.165) is 51.8 Å². The number of nitrogens with zero attached hydrogens (tertiary/aromatic N) is 6. The Hall–Kier alpha value is -2.45. The summed E-state index contributed by atoms with van der Waals surface area (Å²) in [6, 6.07) is 4.38. The molecule has 0 aliphatic carbocycles. The predicted molar refractivity (Wildman–Crippen MR) is 106 cm³/mol. The van der Waals surface area contributed by atoms with Crippen LogP contribution >= 0.6 is 11.3 Å². The summed E-state index contributed by atoms with van der Waals surface area (Å²) in [5.41, 5.74) is 2.51. The zero-order valence-corrected chi connectivity index (χ0v) is 16.5. The number of amides is 1. The number of piperazine rings is 1. The van der Waals surface area contributed by atoms with Crippen molar-refractivity contribution in [2.75, 3.05) is 26.7 Å². The lowest BCUT2D eigenvalue weighted by Gasteiger charge is -2.37. The topological polar surface area (TPSA) is 75.1 Å². The number of rotatable bonds is 3. The maximum absolute atomic E-state index is 12.7. The molecule has 8 heteroatoms. The number of aryl methyl sites for hydroxylation is 1. The summed E-state index contributed by atoms with van der Waals surface area (Å²) in [5.74, 6) is 0.130. The van der Waals surface area contributed by atoms with Crippen LogP contribution in [0.15, 0.2) is 24.5 Å². The zero-order valence-electron chi connectivity index (χ0n) is 15.7. The van der Waals surface area contributed by atoms with Gasteiger partial charge in [0.15, 0.2) is 0 Å². The van der Waals surface area contributed by atoms with E-state index in [-0.39, 0.29) is 5.91 Å². The Morgan fingerprint density at radius 3 is 2.81 bits per heavy atom. The fourth-order valence-corrected chi connectivity index (χ4v) is 3.92. The molecule has 140 valence electrons. The van der Waals surface area contributed by atoms with Crippen LogP contribution in [0.2, 0.25) is 0 Å². The Kier molecular flexibility index (Phi) is 4.84. The molecule has 0 saturated carbocycles. The van der Waals surface area contributed by atoms with E-state index < -0.39 is 0 Å². The zero-order chi connectivity index (χ0) is 19.0. The second-order valence-corrected chi connectivity index (χ2v) is 8.25. The summed E-state index contributed by atoms with van der Waals surface area (Å²) in [4.78, 5) is 25.8. The molecule has 1 amide bonds. The molecule has 4 rings (SSSR count). The Morgan fingerprint density at radius 2 is 2.07 bits per heavy atom. The minimum Gasteiger partial charge on any atom is -0.340 e. The molecule has 1 fully saturated rings. The highest BCUT2D eigenvalue weighted by atomic mass is 32.1. The first-order valence-electron chi connectivity index (χ1n) is 9.03. The molecule has 3 aromatic heterocycles. The van der Waals surface area contributed by atoms with Gasteiger partial charge in [-0.15, -0.1) is 10.2 Å². The van der Waals surface area contributed by atoms with Crippen molar-refractivity contribution in [1.29, 1.82) is 0 Å². The van der Waals surface area contributed by atoms with Gasteiger partial charge in [0.2, 0.25) is 5.91 Å². The summed E-state index contributed by atoms with van der Waals surface area (Å²) in [6.45, 7) is 6.53. The van der Waals surface area contributed by atoms with Crippen molar-refractivity contribution >= 4 is 28.1 Å². The van der Waals surface area contributed by atoms with Crippen LogP contribution < -0.4 is 0 Å². The summed E-state index contributed by atoms with van der Waals surface area (Å²) >= 11 is 1.54. The van der Waals surface area contributed by atoms with Gasteiger partial charge in [-0.05, 0) is 33.0 Å². The van der Waals surface area contributed by atoms with Crippen molar-refractivity contribution in [3.8, 4) is 10.6 Å². The van der Waals surface area contributed by atoms with E-state index >= 15 is 0 Å². The first kappa shape index (κ1) is 17.9. The van der Waals surface area contributed by atoms with Gasteiger partial charge in [-0.25, -0.2) is 0 Å². The monoisotopic (exact) mass is 382 g/mol.